The highest BCUT2D eigenvalue weighted by Crippen LogP contribution is 2.19. The first-order chi connectivity index (χ1) is 16.8. The molecule has 13 heteroatoms. The van der Waals surface area contributed by atoms with E-state index in [1.165, 1.54) is 16.7 Å². The summed E-state index contributed by atoms with van der Waals surface area (Å²) >= 11 is 0. The number of nitrogens with zero attached hydrogens (tertiary/aromatic N) is 2. The number of nitrogens with one attached hydrogen (secondary N) is 1. The number of likely N-dealkylation sites (tertiary alicyclic amines) is 2. The number of carbonyl (C=O) groups is 4. The molecule has 12 nitrogen and oxygen atoms in total. The van der Waals surface area contributed by atoms with Gasteiger partial charge in [-0.25, -0.2) is 22.7 Å². The fraction of sp³-hybridized carbons (Fsp3) is 0.565. The molecule has 2 fully saturated rings. The minimum atomic E-state index is -3.69. The SMILES string of the molecule is C[C@H](N)C(=O)N1CCC[C@H]1C(=O)O.C[C@H](NS(=O)(=O)Cc1ccccc1)C(=O)N1CCC[C@H]1C(=O)O. The predicted molar refractivity (Wildman–Crippen MR) is 130 cm³/mol. The number of nitrogens with two attached hydrogens (primary N) is 1. The zero-order chi connectivity index (χ0) is 27.0. The minimum Gasteiger partial charge on any atom is -0.480 e. The molecule has 2 aliphatic rings. The summed E-state index contributed by atoms with van der Waals surface area (Å²) in [4.78, 5) is 48.1. The first kappa shape index (κ1) is 29.2. The monoisotopic (exact) mass is 526 g/mol. The Morgan fingerprint density at radius 1 is 0.944 bits per heavy atom. The van der Waals surface area contributed by atoms with Gasteiger partial charge in [-0.05, 0) is 45.1 Å². The van der Waals surface area contributed by atoms with Crippen LogP contribution in [0.2, 0.25) is 0 Å². The Morgan fingerprint density at radius 3 is 1.86 bits per heavy atom. The molecule has 2 amide bonds. The lowest BCUT2D eigenvalue weighted by molar-refractivity contribution is -0.148. The number of hydrogen-bond acceptors (Lipinski definition) is 7. The van der Waals surface area contributed by atoms with Crippen LogP contribution in [0, 0.1) is 0 Å². The van der Waals surface area contributed by atoms with Crippen LogP contribution in [0.5, 0.6) is 0 Å². The number of sulfonamides is 1. The number of amides is 2. The van der Waals surface area contributed by atoms with Gasteiger partial charge in [0.25, 0.3) is 0 Å². The van der Waals surface area contributed by atoms with Gasteiger partial charge in [-0.2, -0.15) is 0 Å². The second-order valence-electron chi connectivity index (χ2n) is 8.93. The normalized spacial score (nSPS) is 21.3. The molecular formula is C23H34N4O8S. The van der Waals surface area contributed by atoms with Crippen molar-refractivity contribution in [2.24, 2.45) is 5.73 Å². The van der Waals surface area contributed by atoms with Crippen LogP contribution in [-0.2, 0) is 35.0 Å². The molecule has 2 saturated heterocycles. The van der Waals surface area contributed by atoms with E-state index in [1.807, 2.05) is 0 Å². The van der Waals surface area contributed by atoms with Gasteiger partial charge in [0.05, 0.1) is 17.8 Å². The van der Waals surface area contributed by atoms with Gasteiger partial charge in [-0.1, -0.05) is 30.3 Å². The third kappa shape index (κ3) is 8.00. The molecule has 0 bridgehead atoms. The van der Waals surface area contributed by atoms with Crippen LogP contribution in [0.25, 0.3) is 0 Å². The van der Waals surface area contributed by atoms with Gasteiger partial charge in [0.1, 0.15) is 12.1 Å². The van der Waals surface area contributed by atoms with Gasteiger partial charge in [0.2, 0.25) is 21.8 Å². The molecule has 0 saturated carbocycles. The lowest BCUT2D eigenvalue weighted by Gasteiger charge is -2.25. The molecule has 3 rings (SSSR count). The number of hydrogen-bond donors (Lipinski definition) is 4. The summed E-state index contributed by atoms with van der Waals surface area (Å²) in [5.41, 5.74) is 6.01. The van der Waals surface area contributed by atoms with E-state index in [0.29, 0.717) is 37.9 Å². The maximum Gasteiger partial charge on any atom is 0.326 e. The summed E-state index contributed by atoms with van der Waals surface area (Å²) in [5, 5.41) is 17.9. The Labute approximate surface area is 210 Å². The number of carboxylic acid groups (broad SMARTS) is 2. The smallest absolute Gasteiger partial charge is 0.326 e. The average Bonchev–Trinajstić information content (AvgIpc) is 3.48. The molecule has 1 aromatic rings. The number of carboxylic acids is 2. The first-order valence-electron chi connectivity index (χ1n) is 11.7. The number of carbonyl (C=O) groups excluding carboxylic acids is 2. The van der Waals surface area contributed by atoms with E-state index < -0.39 is 52.0 Å². The summed E-state index contributed by atoms with van der Waals surface area (Å²) in [5.74, 6) is -3.01. The van der Waals surface area contributed by atoms with Crippen molar-refractivity contribution in [3.8, 4) is 0 Å². The van der Waals surface area contributed by atoms with Crippen molar-refractivity contribution < 1.29 is 37.8 Å². The lowest BCUT2D eigenvalue weighted by Crippen LogP contribution is -2.50. The predicted octanol–water partition coefficient (Wildman–Crippen LogP) is -0.0207. The maximum atomic E-state index is 12.3. The van der Waals surface area contributed by atoms with Crippen molar-refractivity contribution in [2.75, 3.05) is 13.1 Å². The van der Waals surface area contributed by atoms with Crippen molar-refractivity contribution in [2.45, 2.75) is 69.5 Å². The molecule has 0 unspecified atom stereocenters. The summed E-state index contributed by atoms with van der Waals surface area (Å²) in [6, 6.07) is 5.49. The Bertz CT molecular complexity index is 1050. The summed E-state index contributed by atoms with van der Waals surface area (Å²) < 4.78 is 26.6. The van der Waals surface area contributed by atoms with Gasteiger partial charge in [0, 0.05) is 13.1 Å². The van der Waals surface area contributed by atoms with Crippen LogP contribution < -0.4 is 10.5 Å². The quantitative estimate of drug-likeness (QED) is 0.361. The van der Waals surface area contributed by atoms with Crippen LogP contribution in [0.3, 0.4) is 0 Å². The van der Waals surface area contributed by atoms with E-state index >= 15 is 0 Å². The van der Waals surface area contributed by atoms with E-state index in [9.17, 15) is 27.6 Å². The molecular weight excluding hydrogens is 492 g/mol. The molecule has 36 heavy (non-hydrogen) atoms. The van der Waals surface area contributed by atoms with Crippen LogP contribution in [-0.4, -0.2) is 89.4 Å². The largest absolute Gasteiger partial charge is 0.480 e. The lowest BCUT2D eigenvalue weighted by atomic mass is 10.2. The fourth-order valence-electron chi connectivity index (χ4n) is 4.24. The number of rotatable bonds is 8. The van der Waals surface area contributed by atoms with Crippen molar-refractivity contribution in [1.29, 1.82) is 0 Å². The van der Waals surface area contributed by atoms with Crippen LogP contribution in [0.4, 0.5) is 0 Å². The summed E-state index contributed by atoms with van der Waals surface area (Å²) in [7, 11) is -3.69. The van der Waals surface area contributed by atoms with Crippen molar-refractivity contribution in [3.63, 3.8) is 0 Å². The molecule has 2 heterocycles. The van der Waals surface area contributed by atoms with Crippen LogP contribution in [0.1, 0.15) is 45.1 Å². The maximum absolute atomic E-state index is 12.3. The fourth-order valence-corrected chi connectivity index (χ4v) is 5.59. The second kappa shape index (κ2) is 12.8. The third-order valence-electron chi connectivity index (χ3n) is 5.96. The number of benzene rings is 1. The van der Waals surface area contributed by atoms with Crippen molar-refractivity contribution in [3.05, 3.63) is 35.9 Å². The molecule has 4 atom stereocenters. The van der Waals surface area contributed by atoms with E-state index in [-0.39, 0.29) is 11.7 Å². The van der Waals surface area contributed by atoms with Crippen LogP contribution >= 0.6 is 0 Å². The van der Waals surface area contributed by atoms with E-state index in [4.69, 9.17) is 15.9 Å². The molecule has 0 aromatic heterocycles. The molecule has 1 aromatic carbocycles. The first-order valence-corrected chi connectivity index (χ1v) is 13.4. The topological polar surface area (TPSA) is 187 Å². The highest BCUT2D eigenvalue weighted by molar-refractivity contribution is 7.88. The van der Waals surface area contributed by atoms with E-state index in [1.54, 1.807) is 37.3 Å². The van der Waals surface area contributed by atoms with Gasteiger partial charge in [0.15, 0.2) is 0 Å². The molecule has 200 valence electrons. The van der Waals surface area contributed by atoms with Crippen molar-refractivity contribution in [1.82, 2.24) is 14.5 Å². The van der Waals surface area contributed by atoms with E-state index in [0.717, 1.165) is 6.42 Å². The molecule has 2 aliphatic heterocycles. The zero-order valence-corrected chi connectivity index (χ0v) is 21.2. The summed E-state index contributed by atoms with van der Waals surface area (Å²) in [6.07, 6.45) is 2.28. The molecule has 0 spiro atoms. The molecule has 0 radical (unpaired) electrons. The van der Waals surface area contributed by atoms with Crippen LogP contribution in [0.15, 0.2) is 30.3 Å². The Kier molecular flexibility index (Phi) is 10.4. The summed E-state index contributed by atoms with van der Waals surface area (Å²) in [6.45, 7) is 3.85. The second-order valence-corrected chi connectivity index (χ2v) is 10.7. The Hall–Kier alpha value is -3.03. The van der Waals surface area contributed by atoms with Gasteiger partial charge in [-0.15, -0.1) is 0 Å². The van der Waals surface area contributed by atoms with Gasteiger partial charge < -0.3 is 25.7 Å². The molecule has 0 aliphatic carbocycles. The average molecular weight is 527 g/mol. The molecule has 5 N–H and O–H groups in total. The Balaban J connectivity index is 0.000000297. The standard InChI is InChI=1S/C15H20N2O5S.C8H14N2O3/c1-11(14(18)17-9-5-8-13(17)15(19)20)16-23(21,22)10-12-6-3-2-4-7-12;1-5(9)7(11)10-4-2-3-6(10)8(12)13/h2-4,6-7,11,13,16H,5,8-10H2,1H3,(H,19,20);5-6H,2-4,9H2,1H3,(H,12,13)/t11-,13-;5-,6-/m00/s1. The van der Waals surface area contributed by atoms with E-state index in [2.05, 4.69) is 4.72 Å². The third-order valence-corrected chi connectivity index (χ3v) is 7.38. The zero-order valence-electron chi connectivity index (χ0n) is 20.4. The number of aliphatic carboxylic acids is 2. The highest BCUT2D eigenvalue weighted by atomic mass is 32.2. The highest BCUT2D eigenvalue weighted by Gasteiger charge is 2.37. The minimum absolute atomic E-state index is 0.228. The van der Waals surface area contributed by atoms with Gasteiger partial charge in [-0.3, -0.25) is 9.59 Å². The Morgan fingerprint density at radius 2 is 1.42 bits per heavy atom. The van der Waals surface area contributed by atoms with Crippen molar-refractivity contribution >= 4 is 33.8 Å². The van der Waals surface area contributed by atoms with Gasteiger partial charge >= 0.3 is 11.9 Å².